The Balaban J connectivity index is 0.000000220. The minimum atomic E-state index is -0.722. The summed E-state index contributed by atoms with van der Waals surface area (Å²) in [6.07, 6.45) is 0.546. The van der Waals surface area contributed by atoms with Crippen LogP contribution in [-0.4, -0.2) is 22.8 Å². The van der Waals surface area contributed by atoms with Crippen LogP contribution in [0.25, 0.3) is 0 Å². The van der Waals surface area contributed by atoms with E-state index in [2.05, 4.69) is 31.9 Å². The largest absolute Gasteiger partial charge is 0.506 e. The Kier molecular flexibility index (Phi) is 6.63. The number of benzene rings is 2. The van der Waals surface area contributed by atoms with Gasteiger partial charge in [-0.2, -0.15) is 0 Å². The first-order valence-corrected chi connectivity index (χ1v) is 7.16. The van der Waals surface area contributed by atoms with Crippen LogP contribution in [0.2, 0.25) is 0 Å². The Morgan fingerprint density at radius 1 is 0.773 bits per heavy atom. The first-order valence-electron chi connectivity index (χ1n) is 5.57. The second kappa shape index (κ2) is 8.00. The molecule has 2 aromatic rings. The van der Waals surface area contributed by atoms with Gasteiger partial charge in [0.25, 0.3) is 0 Å². The van der Waals surface area contributed by atoms with Crippen molar-refractivity contribution in [2.45, 2.75) is 0 Å². The maximum absolute atomic E-state index is 12.6. The molecular weight excluding hydrogens is 430 g/mol. The fourth-order valence-corrected chi connectivity index (χ4v) is 2.03. The topological polar surface area (TPSA) is 74.6 Å². The number of phenols is 2. The van der Waals surface area contributed by atoms with Gasteiger partial charge < -0.3 is 10.2 Å². The third-order valence-corrected chi connectivity index (χ3v) is 3.74. The van der Waals surface area contributed by atoms with Crippen LogP contribution >= 0.6 is 31.9 Å². The van der Waals surface area contributed by atoms with E-state index in [9.17, 15) is 18.4 Å². The van der Waals surface area contributed by atoms with Crippen molar-refractivity contribution < 1.29 is 28.6 Å². The molecule has 0 aliphatic carbocycles. The molecule has 4 nitrogen and oxygen atoms in total. The summed E-state index contributed by atoms with van der Waals surface area (Å²) in [6, 6.07) is 4.87. The molecule has 116 valence electrons. The fourth-order valence-electron chi connectivity index (χ4n) is 1.34. The summed E-state index contributed by atoms with van der Waals surface area (Å²) in [5.74, 6) is -2.17. The van der Waals surface area contributed by atoms with Crippen molar-refractivity contribution in [3.8, 4) is 11.5 Å². The molecule has 0 spiro atoms. The fraction of sp³-hybridized carbons (Fsp3) is 0. The number of carbonyl (C=O) groups excluding carboxylic acids is 2. The first kappa shape index (κ1) is 18.2. The number of halogens is 4. The molecule has 0 radical (unpaired) electrons. The van der Waals surface area contributed by atoms with Crippen LogP contribution < -0.4 is 0 Å². The number of aldehydes is 2. The average molecular weight is 438 g/mol. The molecule has 0 amide bonds. The van der Waals surface area contributed by atoms with Gasteiger partial charge in [-0.3, -0.25) is 9.59 Å². The van der Waals surface area contributed by atoms with Gasteiger partial charge in [0.15, 0.2) is 12.6 Å². The van der Waals surface area contributed by atoms with E-state index in [1.165, 1.54) is 12.1 Å². The van der Waals surface area contributed by atoms with Crippen LogP contribution in [0, 0.1) is 11.6 Å². The lowest BCUT2D eigenvalue weighted by Crippen LogP contribution is -1.88. The molecule has 2 N–H and O–H groups in total. The highest BCUT2D eigenvalue weighted by Crippen LogP contribution is 2.28. The summed E-state index contributed by atoms with van der Waals surface area (Å²) in [4.78, 5) is 20.4. The van der Waals surface area contributed by atoms with Crippen molar-refractivity contribution in [2.75, 3.05) is 0 Å². The average Bonchev–Trinajstić information content (AvgIpc) is 2.49. The van der Waals surface area contributed by atoms with Crippen molar-refractivity contribution >= 4 is 44.4 Å². The van der Waals surface area contributed by atoms with Crippen LogP contribution in [0.1, 0.15) is 20.7 Å². The van der Waals surface area contributed by atoms with Gasteiger partial charge in [-0.05, 0) is 56.1 Å². The summed E-state index contributed by atoms with van der Waals surface area (Å²) in [5.41, 5.74) is -0.640. The second-order valence-corrected chi connectivity index (χ2v) is 5.53. The van der Waals surface area contributed by atoms with E-state index >= 15 is 0 Å². The van der Waals surface area contributed by atoms with Gasteiger partial charge >= 0.3 is 0 Å². The van der Waals surface area contributed by atoms with Gasteiger partial charge in [-0.1, -0.05) is 0 Å². The molecule has 0 bridgehead atoms. The van der Waals surface area contributed by atoms with E-state index in [4.69, 9.17) is 10.2 Å². The van der Waals surface area contributed by atoms with Gasteiger partial charge in [0.05, 0.1) is 20.1 Å². The number of hydrogen-bond acceptors (Lipinski definition) is 4. The van der Waals surface area contributed by atoms with Crippen molar-refractivity contribution in [2.24, 2.45) is 0 Å². The van der Waals surface area contributed by atoms with E-state index in [1.54, 1.807) is 0 Å². The maximum atomic E-state index is 12.6. The quantitative estimate of drug-likeness (QED) is 0.690. The van der Waals surface area contributed by atoms with Gasteiger partial charge in [-0.15, -0.1) is 0 Å². The van der Waals surface area contributed by atoms with Gasteiger partial charge in [0.1, 0.15) is 23.1 Å². The zero-order valence-corrected chi connectivity index (χ0v) is 13.9. The summed E-state index contributed by atoms with van der Waals surface area (Å²) in [5, 5.41) is 18.1. The highest BCUT2D eigenvalue weighted by Gasteiger charge is 2.10. The molecule has 2 rings (SSSR count). The molecule has 22 heavy (non-hydrogen) atoms. The lowest BCUT2D eigenvalue weighted by molar-refractivity contribution is 0.110. The molecule has 0 unspecified atom stereocenters. The SMILES string of the molecule is O=Cc1c(F)ccc(Br)c1O.O=Cc1c(F)ccc(Br)c1O. The van der Waals surface area contributed by atoms with Crippen LogP contribution in [0.15, 0.2) is 33.2 Å². The van der Waals surface area contributed by atoms with Crippen LogP contribution in [0.3, 0.4) is 0 Å². The van der Waals surface area contributed by atoms with Crippen LogP contribution in [0.4, 0.5) is 8.78 Å². The summed E-state index contributed by atoms with van der Waals surface area (Å²) >= 11 is 5.89. The number of hydrogen-bond donors (Lipinski definition) is 2. The summed E-state index contributed by atoms with van der Waals surface area (Å²) < 4.78 is 25.9. The highest BCUT2D eigenvalue weighted by atomic mass is 79.9. The molecular formula is C14H8Br2F2O4. The van der Waals surface area contributed by atoms with Crippen molar-refractivity contribution in [3.05, 3.63) is 56.0 Å². The molecule has 0 fully saturated rings. The molecule has 0 saturated heterocycles. The Morgan fingerprint density at radius 3 is 1.32 bits per heavy atom. The smallest absolute Gasteiger partial charge is 0.156 e. The molecule has 0 aromatic heterocycles. The molecule has 0 aliphatic heterocycles. The first-order chi connectivity index (χ1) is 10.3. The predicted molar refractivity (Wildman–Crippen MR) is 82.3 cm³/mol. The van der Waals surface area contributed by atoms with E-state index in [0.29, 0.717) is 8.95 Å². The molecule has 8 heteroatoms. The number of phenolic OH excluding ortho intramolecular Hbond substituents is 2. The van der Waals surface area contributed by atoms with Crippen molar-refractivity contribution in [1.82, 2.24) is 0 Å². The Bertz CT molecular complexity index is 659. The lowest BCUT2D eigenvalue weighted by atomic mass is 10.2. The molecule has 0 saturated carbocycles. The monoisotopic (exact) mass is 436 g/mol. The normalized spacial score (nSPS) is 9.64. The predicted octanol–water partition coefficient (Wildman–Crippen LogP) is 4.21. The Hall–Kier alpha value is -1.80. The molecule has 0 heterocycles. The maximum Gasteiger partial charge on any atom is 0.156 e. The zero-order valence-electron chi connectivity index (χ0n) is 10.7. The van der Waals surface area contributed by atoms with E-state index < -0.39 is 11.6 Å². The van der Waals surface area contributed by atoms with Gasteiger partial charge in [0.2, 0.25) is 0 Å². The third-order valence-electron chi connectivity index (χ3n) is 2.46. The second-order valence-electron chi connectivity index (χ2n) is 3.82. The van der Waals surface area contributed by atoms with Crippen LogP contribution in [0.5, 0.6) is 11.5 Å². The minimum absolute atomic E-state index is 0.273. The molecule has 0 aliphatic rings. The number of aromatic hydroxyl groups is 2. The highest BCUT2D eigenvalue weighted by molar-refractivity contribution is 9.10. The van der Waals surface area contributed by atoms with Crippen molar-refractivity contribution in [1.29, 1.82) is 0 Å². The Morgan fingerprint density at radius 2 is 1.09 bits per heavy atom. The summed E-state index contributed by atoms with van der Waals surface area (Å²) in [7, 11) is 0. The van der Waals surface area contributed by atoms with E-state index in [0.717, 1.165) is 12.1 Å². The molecule has 0 atom stereocenters. The molecule has 2 aromatic carbocycles. The lowest BCUT2D eigenvalue weighted by Gasteiger charge is -1.99. The number of rotatable bonds is 2. The van der Waals surface area contributed by atoms with Gasteiger partial charge in [-0.25, -0.2) is 8.78 Å². The van der Waals surface area contributed by atoms with Gasteiger partial charge in [0, 0.05) is 0 Å². The van der Waals surface area contributed by atoms with Crippen LogP contribution in [-0.2, 0) is 0 Å². The summed E-state index contributed by atoms with van der Waals surface area (Å²) in [6.45, 7) is 0. The Labute approximate surface area is 140 Å². The standard InChI is InChI=1S/2C7H4BrFO2/c2*8-5-1-2-6(9)4(3-10)7(5)11/h2*1-3,11H. The van der Waals surface area contributed by atoms with Crippen molar-refractivity contribution in [3.63, 3.8) is 0 Å². The zero-order chi connectivity index (χ0) is 16.9. The minimum Gasteiger partial charge on any atom is -0.506 e. The van der Waals surface area contributed by atoms with E-state index in [1.807, 2.05) is 0 Å². The number of carbonyl (C=O) groups is 2. The third kappa shape index (κ3) is 4.11. The van der Waals surface area contributed by atoms with E-state index in [-0.39, 0.29) is 35.2 Å².